The first-order valence-corrected chi connectivity index (χ1v) is 15.8. The third-order valence-corrected chi connectivity index (χ3v) is 8.02. The van der Waals surface area contributed by atoms with Crippen molar-refractivity contribution in [3.8, 4) is 17.2 Å². The normalized spacial score (nSPS) is 11.6. The molecule has 5 heteroatoms. The Morgan fingerprint density at radius 1 is 0.644 bits per heavy atom. The van der Waals surface area contributed by atoms with E-state index in [1.807, 2.05) is 79.7 Å². The standard InChI is InChI=1S/C40H42O5/c1-30(40(41)42-2)34-21-22-36-27-37(24-23-35(36)26-34)43-25-12-4-3-11-18-33-19-13-20-38(44-28-31-14-7-5-8-15-31)39(33)45-29-32-16-9-6-10-17-32/h5-10,13-17,19-24,26-27,30H,3-4,11-12,18,25,28-29H2,1-2H3. The molecule has 0 aliphatic carbocycles. The lowest BCUT2D eigenvalue weighted by molar-refractivity contribution is -0.141. The molecule has 1 atom stereocenters. The van der Waals surface area contributed by atoms with Gasteiger partial charge in [-0.05, 0) is 77.4 Å². The molecule has 0 amide bonds. The van der Waals surface area contributed by atoms with E-state index in [1.54, 1.807) is 0 Å². The Hall–Kier alpha value is -4.77. The molecule has 45 heavy (non-hydrogen) atoms. The SMILES string of the molecule is COC(=O)C(C)c1ccc2cc(OCCCCCCc3cccc(OCc4ccccc4)c3OCc3ccccc3)ccc2c1. The number of methoxy groups -OCH3 is 1. The van der Waals surface area contributed by atoms with Gasteiger partial charge < -0.3 is 18.9 Å². The molecule has 0 heterocycles. The van der Waals surface area contributed by atoms with Crippen LogP contribution >= 0.6 is 0 Å². The second kappa shape index (κ2) is 16.3. The minimum atomic E-state index is -0.291. The summed E-state index contributed by atoms with van der Waals surface area (Å²) < 4.78 is 23.6. The average molecular weight is 603 g/mol. The van der Waals surface area contributed by atoms with Gasteiger partial charge in [0.1, 0.15) is 19.0 Å². The number of carbonyl (C=O) groups is 1. The zero-order chi connectivity index (χ0) is 31.3. The second-order valence-electron chi connectivity index (χ2n) is 11.3. The average Bonchev–Trinajstić information content (AvgIpc) is 3.09. The summed E-state index contributed by atoms with van der Waals surface area (Å²) in [5, 5.41) is 2.17. The van der Waals surface area contributed by atoms with E-state index in [0.717, 1.165) is 76.8 Å². The van der Waals surface area contributed by atoms with E-state index in [1.165, 1.54) is 12.7 Å². The first-order chi connectivity index (χ1) is 22.1. The highest BCUT2D eigenvalue weighted by Gasteiger charge is 2.16. The van der Waals surface area contributed by atoms with Gasteiger partial charge in [-0.1, -0.05) is 110 Å². The monoisotopic (exact) mass is 602 g/mol. The van der Waals surface area contributed by atoms with Crippen molar-refractivity contribution in [2.24, 2.45) is 0 Å². The largest absolute Gasteiger partial charge is 0.494 e. The maximum Gasteiger partial charge on any atom is 0.312 e. The number of ether oxygens (including phenoxy) is 4. The molecule has 0 saturated heterocycles. The zero-order valence-corrected chi connectivity index (χ0v) is 26.2. The third-order valence-electron chi connectivity index (χ3n) is 8.02. The smallest absolute Gasteiger partial charge is 0.312 e. The maximum absolute atomic E-state index is 11.9. The van der Waals surface area contributed by atoms with E-state index >= 15 is 0 Å². The molecule has 5 rings (SSSR count). The van der Waals surface area contributed by atoms with Crippen LogP contribution in [0.5, 0.6) is 17.2 Å². The van der Waals surface area contributed by atoms with Crippen LogP contribution in [0.3, 0.4) is 0 Å². The van der Waals surface area contributed by atoms with Crippen LogP contribution < -0.4 is 14.2 Å². The molecule has 0 radical (unpaired) electrons. The summed E-state index contributed by atoms with van der Waals surface area (Å²) in [6.45, 7) is 3.54. The van der Waals surface area contributed by atoms with Crippen LogP contribution in [0.25, 0.3) is 10.8 Å². The van der Waals surface area contributed by atoms with Crippen molar-refractivity contribution in [2.75, 3.05) is 13.7 Å². The molecular weight excluding hydrogens is 560 g/mol. The summed E-state index contributed by atoms with van der Waals surface area (Å²) in [5.41, 5.74) is 4.38. The van der Waals surface area contributed by atoms with Crippen LogP contribution in [-0.2, 0) is 29.2 Å². The molecule has 5 aromatic carbocycles. The Morgan fingerprint density at radius 2 is 1.31 bits per heavy atom. The molecular formula is C40H42O5. The van der Waals surface area contributed by atoms with Crippen LogP contribution in [0.1, 0.15) is 60.8 Å². The number of para-hydroxylation sites is 1. The highest BCUT2D eigenvalue weighted by molar-refractivity contribution is 5.86. The van der Waals surface area contributed by atoms with Gasteiger partial charge in [0.15, 0.2) is 11.5 Å². The van der Waals surface area contributed by atoms with Gasteiger partial charge in [0.25, 0.3) is 0 Å². The number of carbonyl (C=O) groups excluding carboxylic acids is 1. The third kappa shape index (κ3) is 9.12. The Morgan fingerprint density at radius 3 is 2.04 bits per heavy atom. The summed E-state index contributed by atoms with van der Waals surface area (Å²) in [7, 11) is 1.42. The van der Waals surface area contributed by atoms with Crippen molar-refractivity contribution >= 4 is 16.7 Å². The molecule has 0 bridgehead atoms. The number of aryl methyl sites for hydroxylation is 1. The van der Waals surface area contributed by atoms with Gasteiger partial charge in [-0.25, -0.2) is 0 Å². The Kier molecular flexibility index (Phi) is 11.5. The van der Waals surface area contributed by atoms with Gasteiger partial charge in [0, 0.05) is 0 Å². The van der Waals surface area contributed by atoms with E-state index in [2.05, 4.69) is 42.5 Å². The van der Waals surface area contributed by atoms with Gasteiger partial charge in [-0.15, -0.1) is 0 Å². The molecule has 0 spiro atoms. The van der Waals surface area contributed by atoms with Crippen LogP contribution in [0.15, 0.2) is 115 Å². The molecule has 0 N–H and O–H groups in total. The number of benzene rings is 5. The lowest BCUT2D eigenvalue weighted by Crippen LogP contribution is -2.10. The fourth-order valence-corrected chi connectivity index (χ4v) is 5.38. The van der Waals surface area contributed by atoms with Crippen LogP contribution in [0, 0.1) is 0 Å². The molecule has 232 valence electrons. The van der Waals surface area contributed by atoms with E-state index in [4.69, 9.17) is 18.9 Å². The first-order valence-electron chi connectivity index (χ1n) is 15.8. The lowest BCUT2D eigenvalue weighted by Gasteiger charge is -2.17. The molecule has 5 nitrogen and oxygen atoms in total. The van der Waals surface area contributed by atoms with Gasteiger partial charge >= 0.3 is 5.97 Å². The quantitative estimate of drug-likeness (QED) is 0.0832. The Bertz CT molecular complexity index is 1650. The van der Waals surface area contributed by atoms with Crippen molar-refractivity contribution in [1.82, 2.24) is 0 Å². The van der Waals surface area contributed by atoms with Gasteiger partial charge in [-0.2, -0.15) is 0 Å². The number of rotatable bonds is 16. The van der Waals surface area contributed by atoms with Crippen molar-refractivity contribution in [2.45, 2.75) is 58.2 Å². The Balaban J connectivity index is 1.10. The molecule has 0 aliphatic rings. The predicted octanol–water partition coefficient (Wildman–Crippen LogP) is 9.46. The fourth-order valence-electron chi connectivity index (χ4n) is 5.38. The van der Waals surface area contributed by atoms with Gasteiger partial charge in [0.2, 0.25) is 0 Å². The maximum atomic E-state index is 11.9. The van der Waals surface area contributed by atoms with Gasteiger partial charge in [-0.3, -0.25) is 4.79 Å². The van der Waals surface area contributed by atoms with E-state index < -0.39 is 0 Å². The molecule has 5 aromatic rings. The predicted molar refractivity (Wildman–Crippen MR) is 180 cm³/mol. The highest BCUT2D eigenvalue weighted by Crippen LogP contribution is 2.34. The van der Waals surface area contributed by atoms with Crippen LogP contribution in [0.4, 0.5) is 0 Å². The van der Waals surface area contributed by atoms with Crippen molar-refractivity contribution in [1.29, 1.82) is 0 Å². The van der Waals surface area contributed by atoms with Crippen molar-refractivity contribution in [3.63, 3.8) is 0 Å². The number of esters is 1. The molecule has 0 aliphatic heterocycles. The number of fused-ring (bicyclic) bond motifs is 1. The van der Waals surface area contributed by atoms with E-state index in [-0.39, 0.29) is 11.9 Å². The second-order valence-corrected chi connectivity index (χ2v) is 11.3. The van der Waals surface area contributed by atoms with Crippen LogP contribution in [0.2, 0.25) is 0 Å². The van der Waals surface area contributed by atoms with E-state index in [0.29, 0.717) is 19.8 Å². The summed E-state index contributed by atoms with van der Waals surface area (Å²) in [5.74, 6) is 1.96. The molecule has 0 aromatic heterocycles. The van der Waals surface area contributed by atoms with Crippen LogP contribution in [-0.4, -0.2) is 19.7 Å². The lowest BCUT2D eigenvalue weighted by atomic mass is 9.98. The molecule has 0 fully saturated rings. The topological polar surface area (TPSA) is 54.0 Å². The summed E-state index contributed by atoms with van der Waals surface area (Å²) in [6.07, 6.45) is 5.17. The molecule has 1 unspecified atom stereocenters. The first kappa shape index (κ1) is 31.6. The Labute approximate surface area is 266 Å². The highest BCUT2D eigenvalue weighted by atomic mass is 16.5. The van der Waals surface area contributed by atoms with Crippen molar-refractivity contribution < 1.29 is 23.7 Å². The fraction of sp³-hybridized carbons (Fsp3) is 0.275. The number of hydrogen-bond donors (Lipinski definition) is 0. The number of hydrogen-bond acceptors (Lipinski definition) is 5. The summed E-state index contributed by atoms with van der Waals surface area (Å²) in [6, 6.07) is 38.8. The number of unbranched alkanes of at least 4 members (excludes halogenated alkanes) is 3. The van der Waals surface area contributed by atoms with E-state index in [9.17, 15) is 4.79 Å². The minimum absolute atomic E-state index is 0.229. The zero-order valence-electron chi connectivity index (χ0n) is 26.2. The molecule has 0 saturated carbocycles. The summed E-state index contributed by atoms with van der Waals surface area (Å²) >= 11 is 0. The van der Waals surface area contributed by atoms with Gasteiger partial charge in [0.05, 0.1) is 19.6 Å². The minimum Gasteiger partial charge on any atom is -0.494 e. The summed E-state index contributed by atoms with van der Waals surface area (Å²) in [4.78, 5) is 11.9. The van der Waals surface area contributed by atoms with Crippen molar-refractivity contribution in [3.05, 3.63) is 138 Å².